The highest BCUT2D eigenvalue weighted by molar-refractivity contribution is 7.15. The highest BCUT2D eigenvalue weighted by Crippen LogP contribution is 2.42. The second-order valence-electron chi connectivity index (χ2n) is 4.63. The van der Waals surface area contributed by atoms with E-state index < -0.39 is 0 Å². The largest absolute Gasteiger partial charge is 0.479 e. The maximum Gasteiger partial charge on any atom is 0.318 e. The van der Waals surface area contributed by atoms with Gasteiger partial charge in [0.05, 0.1) is 21.7 Å². The normalized spacial score (nSPS) is 11.1. The van der Waals surface area contributed by atoms with E-state index in [1.54, 1.807) is 6.20 Å². The zero-order chi connectivity index (χ0) is 15.1. The van der Waals surface area contributed by atoms with E-state index >= 15 is 0 Å². The Kier molecular flexibility index (Phi) is 3.06. The first-order chi connectivity index (χ1) is 10.8. The molecule has 0 radical (unpaired) electrons. The molecule has 108 valence electrons. The van der Waals surface area contributed by atoms with E-state index in [1.165, 1.54) is 22.2 Å². The lowest BCUT2D eigenvalue weighted by molar-refractivity contribution is 0.411. The van der Waals surface area contributed by atoms with Crippen molar-refractivity contribution >= 4 is 28.6 Å². The summed E-state index contributed by atoms with van der Waals surface area (Å²) in [7, 11) is 0. The molecule has 0 aliphatic carbocycles. The van der Waals surface area contributed by atoms with E-state index in [2.05, 4.69) is 15.1 Å². The van der Waals surface area contributed by atoms with E-state index in [0.29, 0.717) is 10.7 Å². The molecule has 0 aliphatic heterocycles. The minimum atomic E-state index is -0.202. The predicted octanol–water partition coefficient (Wildman–Crippen LogP) is 3.88. The molecule has 0 spiro atoms. The Bertz CT molecular complexity index is 964. The van der Waals surface area contributed by atoms with Crippen molar-refractivity contribution in [3.63, 3.8) is 0 Å². The Morgan fingerprint density at radius 1 is 1.09 bits per heavy atom. The molecule has 7 heteroatoms. The topological polar surface area (TPSA) is 63.3 Å². The average molecular weight is 329 g/mol. The molecular formula is C15H9ClN4OS. The Hall–Kier alpha value is -2.44. The molecule has 5 nitrogen and oxygen atoms in total. The molecule has 0 fully saturated rings. The number of benzene rings is 1. The van der Waals surface area contributed by atoms with Gasteiger partial charge >= 0.3 is 6.01 Å². The molecular weight excluding hydrogens is 320 g/mol. The second-order valence-corrected chi connectivity index (χ2v) is 5.88. The van der Waals surface area contributed by atoms with Gasteiger partial charge in [-0.25, -0.2) is 4.98 Å². The van der Waals surface area contributed by atoms with Gasteiger partial charge in [-0.15, -0.1) is 11.3 Å². The van der Waals surface area contributed by atoms with Crippen molar-refractivity contribution in [3.05, 3.63) is 53.3 Å². The van der Waals surface area contributed by atoms with Crippen molar-refractivity contribution in [1.29, 1.82) is 0 Å². The Morgan fingerprint density at radius 3 is 2.73 bits per heavy atom. The monoisotopic (exact) mass is 328 g/mol. The fourth-order valence-corrected chi connectivity index (χ4v) is 3.74. The fraction of sp³-hybridized carbons (Fsp3) is 0. The van der Waals surface area contributed by atoms with Crippen LogP contribution in [-0.4, -0.2) is 24.7 Å². The van der Waals surface area contributed by atoms with Crippen molar-refractivity contribution < 1.29 is 5.11 Å². The van der Waals surface area contributed by atoms with Gasteiger partial charge in [-0.1, -0.05) is 41.9 Å². The van der Waals surface area contributed by atoms with Crippen LogP contribution in [-0.2, 0) is 0 Å². The smallest absolute Gasteiger partial charge is 0.318 e. The lowest BCUT2D eigenvalue weighted by Crippen LogP contribution is -1.93. The minimum Gasteiger partial charge on any atom is -0.479 e. The number of halogens is 1. The third kappa shape index (κ3) is 1.96. The van der Waals surface area contributed by atoms with Gasteiger partial charge in [0.15, 0.2) is 5.65 Å². The lowest BCUT2D eigenvalue weighted by atomic mass is 10.1. The summed E-state index contributed by atoms with van der Waals surface area (Å²) in [5, 5.41) is 16.5. The second kappa shape index (κ2) is 5.08. The summed E-state index contributed by atoms with van der Waals surface area (Å²) in [5.41, 5.74) is 3.33. The van der Waals surface area contributed by atoms with Gasteiger partial charge < -0.3 is 5.11 Å². The van der Waals surface area contributed by atoms with Crippen molar-refractivity contribution in [2.24, 2.45) is 0 Å². The van der Waals surface area contributed by atoms with E-state index in [-0.39, 0.29) is 6.01 Å². The van der Waals surface area contributed by atoms with Gasteiger partial charge in [0, 0.05) is 10.9 Å². The van der Waals surface area contributed by atoms with Crippen LogP contribution in [0.3, 0.4) is 0 Å². The highest BCUT2D eigenvalue weighted by Gasteiger charge is 2.18. The van der Waals surface area contributed by atoms with Crippen molar-refractivity contribution in [2.45, 2.75) is 0 Å². The summed E-state index contributed by atoms with van der Waals surface area (Å²) in [6.45, 7) is 0. The molecule has 0 aliphatic rings. The van der Waals surface area contributed by atoms with E-state index in [0.717, 1.165) is 21.6 Å². The summed E-state index contributed by atoms with van der Waals surface area (Å²) < 4.78 is 1.29. The molecule has 0 saturated carbocycles. The van der Waals surface area contributed by atoms with E-state index in [4.69, 9.17) is 11.6 Å². The summed E-state index contributed by atoms with van der Waals surface area (Å²) in [6, 6.07) is 9.75. The molecule has 4 rings (SSSR count). The summed E-state index contributed by atoms with van der Waals surface area (Å²) in [4.78, 5) is 8.75. The number of nitrogens with zero attached hydrogens (tertiary/aromatic N) is 4. The highest BCUT2D eigenvalue weighted by atomic mass is 35.5. The molecule has 0 saturated heterocycles. The van der Waals surface area contributed by atoms with Crippen molar-refractivity contribution in [3.8, 4) is 27.6 Å². The summed E-state index contributed by atoms with van der Waals surface area (Å²) >= 11 is 8.08. The molecule has 3 aromatic heterocycles. The van der Waals surface area contributed by atoms with Gasteiger partial charge in [-0.05, 0) is 5.56 Å². The standard InChI is InChI=1S/C15H9ClN4OS/c16-12-11(9-4-2-1-3-5-9)7-22-13(12)10-6-19-20-14(10)17-8-18-15(20)21/h1-8H,(H,17,18,21). The number of fused-ring (bicyclic) bond motifs is 1. The number of aromatic hydroxyl groups is 1. The predicted molar refractivity (Wildman–Crippen MR) is 86.2 cm³/mol. The van der Waals surface area contributed by atoms with Gasteiger partial charge in [-0.2, -0.15) is 14.6 Å². The Morgan fingerprint density at radius 2 is 1.91 bits per heavy atom. The van der Waals surface area contributed by atoms with Crippen LogP contribution < -0.4 is 0 Å². The summed E-state index contributed by atoms with van der Waals surface area (Å²) in [6.07, 6.45) is 2.94. The quantitative estimate of drug-likeness (QED) is 0.606. The zero-order valence-electron chi connectivity index (χ0n) is 11.1. The van der Waals surface area contributed by atoms with Crippen LogP contribution in [0, 0.1) is 0 Å². The number of hydrogen-bond acceptors (Lipinski definition) is 5. The molecule has 22 heavy (non-hydrogen) atoms. The van der Waals surface area contributed by atoms with Crippen LogP contribution in [0.5, 0.6) is 6.01 Å². The maximum atomic E-state index is 9.70. The SMILES string of the molecule is Oc1ncnc2c(-c3scc(-c4ccccc4)c3Cl)cnn12. The third-order valence-electron chi connectivity index (χ3n) is 3.35. The van der Waals surface area contributed by atoms with Crippen molar-refractivity contribution in [1.82, 2.24) is 19.6 Å². The molecule has 0 amide bonds. The number of hydrogen-bond donors (Lipinski definition) is 1. The molecule has 4 aromatic rings. The minimum absolute atomic E-state index is 0.202. The van der Waals surface area contributed by atoms with Gasteiger partial charge in [0.25, 0.3) is 0 Å². The number of thiophene rings is 1. The van der Waals surface area contributed by atoms with Crippen LogP contribution in [0.1, 0.15) is 0 Å². The van der Waals surface area contributed by atoms with Crippen LogP contribution in [0.15, 0.2) is 48.2 Å². The summed E-state index contributed by atoms with van der Waals surface area (Å²) in [5.74, 6) is 0. The first-order valence-electron chi connectivity index (χ1n) is 6.46. The van der Waals surface area contributed by atoms with Gasteiger partial charge in [0.1, 0.15) is 6.33 Å². The Labute approximate surface area is 134 Å². The maximum absolute atomic E-state index is 9.70. The van der Waals surface area contributed by atoms with Crippen LogP contribution in [0.4, 0.5) is 0 Å². The average Bonchev–Trinajstić information content (AvgIpc) is 3.12. The Balaban J connectivity index is 1.90. The van der Waals surface area contributed by atoms with E-state index in [9.17, 15) is 5.11 Å². The molecule has 0 atom stereocenters. The van der Waals surface area contributed by atoms with Crippen LogP contribution in [0.2, 0.25) is 5.02 Å². The molecule has 0 unspecified atom stereocenters. The van der Waals surface area contributed by atoms with Crippen LogP contribution in [0.25, 0.3) is 27.2 Å². The molecule has 1 N–H and O–H groups in total. The fourth-order valence-electron chi connectivity index (χ4n) is 2.30. The zero-order valence-corrected chi connectivity index (χ0v) is 12.7. The van der Waals surface area contributed by atoms with Crippen molar-refractivity contribution in [2.75, 3.05) is 0 Å². The molecule has 3 heterocycles. The first-order valence-corrected chi connectivity index (χ1v) is 7.72. The third-order valence-corrected chi connectivity index (χ3v) is 4.86. The number of aromatic nitrogens is 4. The first kappa shape index (κ1) is 13.2. The lowest BCUT2D eigenvalue weighted by Gasteiger charge is -2.00. The number of rotatable bonds is 2. The van der Waals surface area contributed by atoms with Gasteiger partial charge in [-0.3, -0.25) is 0 Å². The molecule has 1 aromatic carbocycles. The van der Waals surface area contributed by atoms with E-state index in [1.807, 2.05) is 35.7 Å². The van der Waals surface area contributed by atoms with Crippen LogP contribution >= 0.6 is 22.9 Å². The molecule has 0 bridgehead atoms. The van der Waals surface area contributed by atoms with Gasteiger partial charge in [0.2, 0.25) is 0 Å².